The normalized spacial score (nSPS) is 11.7. The van der Waals surface area contributed by atoms with E-state index >= 15 is 0 Å². The summed E-state index contributed by atoms with van der Waals surface area (Å²) in [6.07, 6.45) is 1.12. The molecular formula is C14H13N7O4. The van der Waals surface area contributed by atoms with Crippen molar-refractivity contribution < 1.29 is 14.6 Å². The average Bonchev–Trinajstić information content (AvgIpc) is 3.17. The van der Waals surface area contributed by atoms with Crippen LogP contribution in [0.3, 0.4) is 0 Å². The first-order chi connectivity index (χ1) is 12.0. The Hall–Kier alpha value is -3.63. The van der Waals surface area contributed by atoms with E-state index in [1.165, 1.54) is 7.05 Å². The van der Waals surface area contributed by atoms with Crippen molar-refractivity contribution in [2.24, 2.45) is 12.2 Å². The van der Waals surface area contributed by atoms with Crippen LogP contribution in [0.25, 0.3) is 11.0 Å². The summed E-state index contributed by atoms with van der Waals surface area (Å²) in [6, 6.07) is 7.39. The number of nitro groups is 1. The third-order valence-corrected chi connectivity index (χ3v) is 3.28. The zero-order valence-corrected chi connectivity index (χ0v) is 13.4. The van der Waals surface area contributed by atoms with Gasteiger partial charge < -0.3 is 4.84 Å². The van der Waals surface area contributed by atoms with Gasteiger partial charge in [0.25, 0.3) is 0 Å². The van der Waals surface area contributed by atoms with Crippen LogP contribution in [0, 0.1) is 10.1 Å². The highest BCUT2D eigenvalue weighted by molar-refractivity contribution is 5.92. The van der Waals surface area contributed by atoms with Gasteiger partial charge in [-0.15, -0.1) is 5.10 Å². The Balaban J connectivity index is 1.73. The van der Waals surface area contributed by atoms with Gasteiger partial charge in [-0.3, -0.25) is 14.8 Å². The molecule has 11 nitrogen and oxygen atoms in total. The molecule has 11 heteroatoms. The van der Waals surface area contributed by atoms with Gasteiger partial charge in [-0.25, -0.2) is 9.48 Å². The molecule has 1 aromatic carbocycles. The molecule has 0 amide bonds. The lowest BCUT2D eigenvalue weighted by Gasteiger charge is -2.01. The largest absolute Gasteiger partial charge is 0.392 e. The van der Waals surface area contributed by atoms with Crippen molar-refractivity contribution in [2.75, 3.05) is 0 Å². The number of rotatable bonds is 5. The molecule has 3 rings (SSSR count). The first-order valence-electron chi connectivity index (χ1n) is 7.17. The number of aromatic nitrogens is 5. The van der Waals surface area contributed by atoms with Gasteiger partial charge in [0, 0.05) is 7.05 Å². The Bertz CT molecular complexity index is 988. The van der Waals surface area contributed by atoms with Crippen molar-refractivity contribution in [3.05, 3.63) is 46.3 Å². The zero-order chi connectivity index (χ0) is 18.0. The summed E-state index contributed by atoms with van der Waals surface area (Å²) in [5.74, 6) is -1.00. The fourth-order valence-corrected chi connectivity index (χ4v) is 2.20. The van der Waals surface area contributed by atoms with Gasteiger partial charge in [-0.1, -0.05) is 22.5 Å². The maximum absolute atomic E-state index is 12.0. The summed E-state index contributed by atoms with van der Waals surface area (Å²) in [6.45, 7) is 1.88. The predicted molar refractivity (Wildman–Crippen MR) is 85.9 cm³/mol. The van der Waals surface area contributed by atoms with Crippen LogP contribution in [0.4, 0.5) is 5.69 Å². The van der Waals surface area contributed by atoms with Crippen LogP contribution in [0.5, 0.6) is 0 Å². The molecule has 0 aliphatic heterocycles. The smallest absolute Gasteiger partial charge is 0.311 e. The Morgan fingerprint density at radius 3 is 2.92 bits per heavy atom. The minimum atomic E-state index is -1.00. The molecule has 0 bridgehead atoms. The molecule has 0 unspecified atom stereocenters. The molecule has 2 heterocycles. The van der Waals surface area contributed by atoms with E-state index in [1.54, 1.807) is 11.6 Å². The second kappa shape index (κ2) is 6.47. The van der Waals surface area contributed by atoms with Gasteiger partial charge in [-0.05, 0) is 19.1 Å². The lowest BCUT2D eigenvalue weighted by atomic mass is 10.3. The molecule has 128 valence electrons. The highest BCUT2D eigenvalue weighted by atomic mass is 16.7. The fourth-order valence-electron chi connectivity index (χ4n) is 2.20. The van der Waals surface area contributed by atoms with Crippen molar-refractivity contribution in [3.8, 4) is 0 Å². The number of para-hydroxylation sites is 1. The topological polar surface area (TPSA) is 130 Å². The van der Waals surface area contributed by atoms with Gasteiger partial charge in [0.2, 0.25) is 5.69 Å². The molecular weight excluding hydrogens is 330 g/mol. The minimum absolute atomic E-state index is 0.248. The molecule has 25 heavy (non-hydrogen) atoms. The molecule has 2 aromatic heterocycles. The lowest BCUT2D eigenvalue weighted by molar-refractivity contribution is -0.385. The van der Waals surface area contributed by atoms with Gasteiger partial charge >= 0.3 is 11.7 Å². The highest BCUT2D eigenvalue weighted by Gasteiger charge is 2.26. The van der Waals surface area contributed by atoms with Crippen LogP contribution < -0.4 is 0 Å². The molecule has 0 atom stereocenters. The van der Waals surface area contributed by atoms with Crippen molar-refractivity contribution in [2.45, 2.75) is 13.5 Å². The number of nitrogens with zero attached hydrogens (tertiary/aromatic N) is 7. The van der Waals surface area contributed by atoms with E-state index in [2.05, 4.69) is 20.6 Å². The van der Waals surface area contributed by atoms with Crippen LogP contribution in [-0.4, -0.2) is 41.4 Å². The van der Waals surface area contributed by atoms with Gasteiger partial charge in [-0.2, -0.15) is 5.10 Å². The Kier molecular flexibility index (Phi) is 4.20. The van der Waals surface area contributed by atoms with E-state index in [9.17, 15) is 14.9 Å². The molecule has 0 saturated carbocycles. The standard InChI is InChI=1S/C14H13N7O4/c1-9(7-20-11-6-4-3-5-10(11)15-18-20)17-25-14(22)13-12(21(23)24)8-19(2)16-13/h3-6,8H,7H2,1-2H3. The van der Waals surface area contributed by atoms with Crippen LogP contribution >= 0.6 is 0 Å². The van der Waals surface area contributed by atoms with Gasteiger partial charge in [0.1, 0.15) is 11.7 Å². The number of aryl methyl sites for hydroxylation is 1. The fraction of sp³-hybridized carbons (Fsp3) is 0.214. The van der Waals surface area contributed by atoms with Crippen LogP contribution in [0.2, 0.25) is 0 Å². The monoisotopic (exact) mass is 343 g/mol. The lowest BCUT2D eigenvalue weighted by Crippen LogP contribution is -2.11. The maximum atomic E-state index is 12.0. The van der Waals surface area contributed by atoms with Crippen LogP contribution in [-0.2, 0) is 18.4 Å². The number of oxime groups is 1. The van der Waals surface area contributed by atoms with Crippen LogP contribution in [0.1, 0.15) is 17.4 Å². The first kappa shape index (κ1) is 16.2. The summed E-state index contributed by atoms with van der Waals surface area (Å²) in [5, 5.41) is 26.3. The number of hydrogen-bond donors (Lipinski definition) is 0. The summed E-state index contributed by atoms with van der Waals surface area (Å²) in [7, 11) is 1.47. The number of carbonyl (C=O) groups is 1. The van der Waals surface area contributed by atoms with Crippen molar-refractivity contribution in [3.63, 3.8) is 0 Å². The quantitative estimate of drug-likeness (QED) is 0.295. The van der Waals surface area contributed by atoms with E-state index in [4.69, 9.17) is 4.84 Å². The van der Waals surface area contributed by atoms with E-state index in [-0.39, 0.29) is 6.54 Å². The van der Waals surface area contributed by atoms with E-state index in [0.717, 1.165) is 21.9 Å². The van der Waals surface area contributed by atoms with E-state index in [1.807, 2.05) is 24.3 Å². The third kappa shape index (κ3) is 3.34. The Morgan fingerprint density at radius 2 is 2.16 bits per heavy atom. The number of fused-ring (bicyclic) bond motifs is 1. The Labute approximate surface area is 140 Å². The van der Waals surface area contributed by atoms with Crippen molar-refractivity contribution in [1.82, 2.24) is 24.8 Å². The number of benzene rings is 1. The molecule has 0 aliphatic rings. The molecule has 0 saturated heterocycles. The zero-order valence-electron chi connectivity index (χ0n) is 13.4. The molecule has 0 N–H and O–H groups in total. The molecule has 0 fully saturated rings. The van der Waals surface area contributed by atoms with E-state index in [0.29, 0.717) is 5.71 Å². The molecule has 0 spiro atoms. The van der Waals surface area contributed by atoms with Gasteiger partial charge in [0.05, 0.1) is 22.7 Å². The Morgan fingerprint density at radius 1 is 1.40 bits per heavy atom. The summed E-state index contributed by atoms with van der Waals surface area (Å²) in [5.41, 5.74) is 1.13. The molecule has 3 aromatic rings. The number of carbonyl (C=O) groups excluding carboxylic acids is 1. The summed E-state index contributed by atoms with van der Waals surface area (Å²) >= 11 is 0. The minimum Gasteiger partial charge on any atom is -0.311 e. The third-order valence-electron chi connectivity index (χ3n) is 3.28. The summed E-state index contributed by atoms with van der Waals surface area (Å²) < 4.78 is 2.76. The maximum Gasteiger partial charge on any atom is 0.392 e. The first-order valence-corrected chi connectivity index (χ1v) is 7.17. The molecule has 0 radical (unpaired) electrons. The molecule has 0 aliphatic carbocycles. The second-order valence-electron chi connectivity index (χ2n) is 5.23. The van der Waals surface area contributed by atoms with Gasteiger partial charge in [0.15, 0.2) is 0 Å². The van der Waals surface area contributed by atoms with E-state index < -0.39 is 22.3 Å². The SMILES string of the molecule is CC(Cn1nnc2ccccc21)=NOC(=O)c1nn(C)cc1[N+](=O)[O-]. The number of hydrogen-bond acceptors (Lipinski definition) is 8. The summed E-state index contributed by atoms with van der Waals surface area (Å²) in [4.78, 5) is 26.9. The van der Waals surface area contributed by atoms with Crippen molar-refractivity contribution >= 4 is 28.4 Å². The predicted octanol–water partition coefficient (Wildman–Crippen LogP) is 1.31. The highest BCUT2D eigenvalue weighted by Crippen LogP contribution is 2.17. The average molecular weight is 343 g/mol. The van der Waals surface area contributed by atoms with Crippen LogP contribution in [0.15, 0.2) is 35.6 Å². The second-order valence-corrected chi connectivity index (χ2v) is 5.23. The van der Waals surface area contributed by atoms with Crippen molar-refractivity contribution in [1.29, 1.82) is 0 Å².